The smallest absolute Gasteiger partial charge is 0.109 e. The lowest BCUT2D eigenvalue weighted by atomic mass is 10.2. The number of aromatic nitrogens is 3. The highest BCUT2D eigenvalue weighted by Gasteiger charge is 2.08. The summed E-state index contributed by atoms with van der Waals surface area (Å²) in [5.41, 5.74) is 3.16. The molecule has 2 aromatic rings. The van der Waals surface area contributed by atoms with Crippen LogP contribution in [0.25, 0.3) is 11.3 Å². The SMILES string of the molecule is C1=CCC(c2cnn(-c3ccccc3)n2)=C1. The molecule has 78 valence electrons. The Balaban J connectivity index is 1.94. The number of nitrogens with zero attached hydrogens (tertiary/aromatic N) is 3. The number of rotatable bonds is 2. The van der Waals surface area contributed by atoms with Gasteiger partial charge < -0.3 is 0 Å². The van der Waals surface area contributed by atoms with Gasteiger partial charge in [-0.05, 0) is 24.1 Å². The van der Waals surface area contributed by atoms with E-state index in [0.29, 0.717) is 0 Å². The van der Waals surface area contributed by atoms with Crippen molar-refractivity contribution in [2.45, 2.75) is 6.42 Å². The standard InChI is InChI=1S/C13H11N3/c1-2-8-12(9-3-1)16-14-10-13(15-16)11-6-4-5-7-11/h1-6,8-10H,7H2. The van der Waals surface area contributed by atoms with Crippen LogP contribution < -0.4 is 0 Å². The summed E-state index contributed by atoms with van der Waals surface area (Å²) in [5.74, 6) is 0. The highest BCUT2D eigenvalue weighted by atomic mass is 15.5. The normalized spacial score (nSPS) is 14.1. The summed E-state index contributed by atoms with van der Waals surface area (Å²) in [6, 6.07) is 9.93. The number of hydrogen-bond acceptors (Lipinski definition) is 2. The monoisotopic (exact) mass is 209 g/mol. The Labute approximate surface area is 93.7 Å². The Morgan fingerprint density at radius 3 is 2.75 bits per heavy atom. The van der Waals surface area contributed by atoms with Crippen LogP contribution in [0.15, 0.2) is 54.8 Å². The van der Waals surface area contributed by atoms with Crippen LogP contribution >= 0.6 is 0 Å². The lowest BCUT2D eigenvalue weighted by Crippen LogP contribution is -1.98. The number of benzene rings is 1. The Kier molecular flexibility index (Phi) is 2.14. The van der Waals surface area contributed by atoms with Crippen molar-refractivity contribution in [1.29, 1.82) is 0 Å². The summed E-state index contributed by atoms with van der Waals surface area (Å²) in [6.45, 7) is 0. The fourth-order valence-corrected chi connectivity index (χ4v) is 1.73. The van der Waals surface area contributed by atoms with Crippen LogP contribution in [0.3, 0.4) is 0 Å². The van der Waals surface area contributed by atoms with E-state index in [-0.39, 0.29) is 0 Å². The average molecular weight is 209 g/mol. The van der Waals surface area contributed by atoms with Crippen LogP contribution in [0.4, 0.5) is 0 Å². The topological polar surface area (TPSA) is 30.7 Å². The molecular weight excluding hydrogens is 198 g/mol. The van der Waals surface area contributed by atoms with Gasteiger partial charge in [-0.1, -0.05) is 36.4 Å². The van der Waals surface area contributed by atoms with Crippen LogP contribution in [-0.2, 0) is 0 Å². The van der Waals surface area contributed by atoms with E-state index in [4.69, 9.17) is 0 Å². The molecular formula is C13H11N3. The van der Waals surface area contributed by atoms with E-state index in [0.717, 1.165) is 17.8 Å². The lowest BCUT2D eigenvalue weighted by Gasteiger charge is -1.97. The summed E-state index contributed by atoms with van der Waals surface area (Å²) in [5, 5.41) is 8.73. The summed E-state index contributed by atoms with van der Waals surface area (Å²) < 4.78 is 0. The molecule has 0 saturated heterocycles. The predicted octanol–water partition coefficient (Wildman–Crippen LogP) is 2.61. The molecule has 3 nitrogen and oxygen atoms in total. The van der Waals surface area contributed by atoms with E-state index in [2.05, 4.69) is 28.4 Å². The van der Waals surface area contributed by atoms with Gasteiger partial charge in [-0.25, -0.2) is 0 Å². The van der Waals surface area contributed by atoms with E-state index in [9.17, 15) is 0 Å². The third-order valence-electron chi connectivity index (χ3n) is 2.58. The van der Waals surface area contributed by atoms with Gasteiger partial charge in [-0.3, -0.25) is 0 Å². The zero-order valence-electron chi connectivity index (χ0n) is 8.74. The number of hydrogen-bond donors (Lipinski definition) is 0. The summed E-state index contributed by atoms with van der Waals surface area (Å²) >= 11 is 0. The maximum Gasteiger partial charge on any atom is 0.109 e. The van der Waals surface area contributed by atoms with E-state index in [1.165, 1.54) is 5.57 Å². The molecule has 0 bridgehead atoms. The molecule has 1 aromatic heterocycles. The molecule has 3 rings (SSSR count). The molecule has 0 radical (unpaired) electrons. The number of para-hydroxylation sites is 1. The summed E-state index contributed by atoms with van der Waals surface area (Å²) in [4.78, 5) is 1.66. The van der Waals surface area contributed by atoms with Crippen LogP contribution in [0, 0.1) is 0 Å². The van der Waals surface area contributed by atoms with Crippen molar-refractivity contribution < 1.29 is 0 Å². The first-order chi connectivity index (χ1) is 7.93. The Morgan fingerprint density at radius 1 is 1.12 bits per heavy atom. The van der Waals surface area contributed by atoms with Crippen LogP contribution in [0.2, 0.25) is 0 Å². The molecule has 1 aliphatic rings. The molecule has 0 saturated carbocycles. The van der Waals surface area contributed by atoms with Gasteiger partial charge in [0.05, 0.1) is 11.9 Å². The fourth-order valence-electron chi connectivity index (χ4n) is 1.73. The second-order valence-electron chi connectivity index (χ2n) is 3.68. The Hall–Kier alpha value is -2.16. The van der Waals surface area contributed by atoms with Crippen molar-refractivity contribution in [3.8, 4) is 5.69 Å². The first kappa shape index (κ1) is 9.09. The molecule has 0 unspecified atom stereocenters. The van der Waals surface area contributed by atoms with Crippen molar-refractivity contribution in [2.24, 2.45) is 0 Å². The fraction of sp³-hybridized carbons (Fsp3) is 0.0769. The van der Waals surface area contributed by atoms with Gasteiger partial charge in [-0.2, -0.15) is 9.90 Å². The minimum atomic E-state index is 0.952. The number of allylic oxidation sites excluding steroid dienone is 4. The maximum atomic E-state index is 4.46. The van der Waals surface area contributed by atoms with Crippen molar-refractivity contribution in [2.75, 3.05) is 0 Å². The zero-order chi connectivity index (χ0) is 10.8. The predicted molar refractivity (Wildman–Crippen MR) is 63.1 cm³/mol. The quantitative estimate of drug-likeness (QED) is 0.761. The highest BCUT2D eigenvalue weighted by Crippen LogP contribution is 2.20. The van der Waals surface area contributed by atoms with Crippen LogP contribution in [0.1, 0.15) is 12.1 Å². The van der Waals surface area contributed by atoms with Gasteiger partial charge >= 0.3 is 0 Å². The largest absolute Gasteiger partial charge is 0.156 e. The Bertz CT molecular complexity index is 550. The van der Waals surface area contributed by atoms with E-state index < -0.39 is 0 Å². The molecule has 16 heavy (non-hydrogen) atoms. The molecule has 1 aliphatic carbocycles. The van der Waals surface area contributed by atoms with Gasteiger partial charge in [0, 0.05) is 0 Å². The van der Waals surface area contributed by atoms with E-state index >= 15 is 0 Å². The summed E-state index contributed by atoms with van der Waals surface area (Å²) in [7, 11) is 0. The van der Waals surface area contributed by atoms with E-state index in [1.807, 2.05) is 36.5 Å². The molecule has 1 aromatic carbocycles. The van der Waals surface area contributed by atoms with Crippen molar-refractivity contribution in [3.63, 3.8) is 0 Å². The van der Waals surface area contributed by atoms with Gasteiger partial charge in [0.25, 0.3) is 0 Å². The third kappa shape index (κ3) is 1.56. The highest BCUT2D eigenvalue weighted by molar-refractivity contribution is 5.67. The molecule has 3 heteroatoms. The zero-order valence-corrected chi connectivity index (χ0v) is 8.74. The Morgan fingerprint density at radius 2 is 2.00 bits per heavy atom. The molecule has 0 atom stereocenters. The van der Waals surface area contributed by atoms with Crippen molar-refractivity contribution >= 4 is 5.57 Å². The molecule has 0 amide bonds. The van der Waals surface area contributed by atoms with Gasteiger partial charge in [0.1, 0.15) is 5.69 Å². The van der Waals surface area contributed by atoms with E-state index in [1.54, 1.807) is 4.80 Å². The van der Waals surface area contributed by atoms with Crippen molar-refractivity contribution in [1.82, 2.24) is 15.0 Å². The lowest BCUT2D eigenvalue weighted by molar-refractivity contribution is 0.749. The minimum absolute atomic E-state index is 0.952. The first-order valence-corrected chi connectivity index (χ1v) is 5.27. The van der Waals surface area contributed by atoms with Gasteiger partial charge in [0.15, 0.2) is 0 Å². The van der Waals surface area contributed by atoms with Crippen LogP contribution in [-0.4, -0.2) is 15.0 Å². The molecule has 0 aliphatic heterocycles. The molecule has 0 fully saturated rings. The minimum Gasteiger partial charge on any atom is -0.156 e. The third-order valence-corrected chi connectivity index (χ3v) is 2.58. The molecule has 0 spiro atoms. The van der Waals surface area contributed by atoms with Gasteiger partial charge in [0.2, 0.25) is 0 Å². The maximum absolute atomic E-state index is 4.46. The second-order valence-corrected chi connectivity index (χ2v) is 3.68. The molecule has 0 N–H and O–H groups in total. The van der Waals surface area contributed by atoms with Crippen molar-refractivity contribution in [3.05, 3.63) is 60.5 Å². The van der Waals surface area contributed by atoms with Crippen LogP contribution in [0.5, 0.6) is 0 Å². The summed E-state index contributed by atoms with van der Waals surface area (Å²) in [6.07, 6.45) is 9.02. The van der Waals surface area contributed by atoms with Gasteiger partial charge in [-0.15, -0.1) is 5.10 Å². The molecule has 1 heterocycles. The first-order valence-electron chi connectivity index (χ1n) is 5.27. The average Bonchev–Trinajstić information content (AvgIpc) is 3.01. The second kappa shape index (κ2) is 3.77.